The second-order valence-electron chi connectivity index (χ2n) is 6.15. The largest absolute Gasteiger partial charge is 0.497 e. The maximum atomic E-state index is 12.4. The van der Waals surface area contributed by atoms with E-state index >= 15 is 0 Å². The predicted molar refractivity (Wildman–Crippen MR) is 82.4 cm³/mol. The molecule has 0 atom stereocenters. The van der Waals surface area contributed by atoms with E-state index in [1.54, 1.807) is 7.11 Å². The maximum Gasteiger partial charge on any atom is 0.227 e. The van der Waals surface area contributed by atoms with Gasteiger partial charge >= 0.3 is 0 Å². The molecule has 0 radical (unpaired) electrons. The number of rotatable bonds is 5. The van der Waals surface area contributed by atoms with Crippen LogP contribution in [0, 0.1) is 5.92 Å². The van der Waals surface area contributed by atoms with Crippen LogP contribution in [0.4, 0.5) is 0 Å². The molecule has 0 N–H and O–H groups in total. The van der Waals surface area contributed by atoms with Crippen molar-refractivity contribution in [3.8, 4) is 5.75 Å². The molecule has 1 aromatic carbocycles. The molecule has 1 aromatic rings. The van der Waals surface area contributed by atoms with E-state index in [1.807, 2.05) is 29.2 Å². The van der Waals surface area contributed by atoms with E-state index < -0.39 is 0 Å². The summed E-state index contributed by atoms with van der Waals surface area (Å²) in [6.45, 7) is 5.03. The number of methoxy groups -OCH3 is 1. The van der Waals surface area contributed by atoms with Gasteiger partial charge in [0.2, 0.25) is 5.91 Å². The van der Waals surface area contributed by atoms with Gasteiger partial charge in [-0.25, -0.2) is 0 Å². The van der Waals surface area contributed by atoms with Crippen molar-refractivity contribution in [1.82, 2.24) is 9.80 Å². The van der Waals surface area contributed by atoms with Crippen LogP contribution >= 0.6 is 0 Å². The minimum Gasteiger partial charge on any atom is -0.497 e. The predicted octanol–water partition coefficient (Wildman–Crippen LogP) is 1.79. The molecule has 1 saturated carbocycles. The van der Waals surface area contributed by atoms with Crippen LogP contribution in [-0.4, -0.2) is 55.5 Å². The summed E-state index contributed by atoms with van der Waals surface area (Å²) in [7, 11) is 1.65. The van der Waals surface area contributed by atoms with Gasteiger partial charge in [0.15, 0.2) is 0 Å². The summed E-state index contributed by atoms with van der Waals surface area (Å²) in [4.78, 5) is 16.9. The second kappa shape index (κ2) is 6.48. The Bertz CT molecular complexity index is 491. The number of carbonyl (C=O) groups excluding carboxylic acids is 1. The molecule has 1 aliphatic carbocycles. The molecule has 0 bridgehead atoms. The zero-order valence-electron chi connectivity index (χ0n) is 12.8. The van der Waals surface area contributed by atoms with E-state index in [9.17, 15) is 4.79 Å². The molecular formula is C17H24N2O2. The SMILES string of the molecule is COc1cccc(CC(=O)N2CCN(CC3CC3)CC2)c1. The fourth-order valence-corrected chi connectivity index (χ4v) is 2.91. The van der Waals surface area contributed by atoms with Crippen LogP contribution < -0.4 is 4.74 Å². The minimum absolute atomic E-state index is 0.231. The zero-order chi connectivity index (χ0) is 14.7. The van der Waals surface area contributed by atoms with Gasteiger partial charge in [0.1, 0.15) is 5.75 Å². The van der Waals surface area contributed by atoms with Gasteiger partial charge in [-0.2, -0.15) is 0 Å². The van der Waals surface area contributed by atoms with Gasteiger partial charge in [-0.15, -0.1) is 0 Å². The molecule has 4 heteroatoms. The number of hydrogen-bond acceptors (Lipinski definition) is 3. The number of carbonyl (C=O) groups is 1. The third-order valence-corrected chi connectivity index (χ3v) is 4.43. The molecule has 1 aliphatic heterocycles. The fourth-order valence-electron chi connectivity index (χ4n) is 2.91. The summed E-state index contributed by atoms with van der Waals surface area (Å²) < 4.78 is 5.21. The highest BCUT2D eigenvalue weighted by atomic mass is 16.5. The molecular weight excluding hydrogens is 264 g/mol. The molecule has 1 amide bonds. The average Bonchev–Trinajstić information content (AvgIpc) is 3.32. The fraction of sp³-hybridized carbons (Fsp3) is 0.588. The van der Waals surface area contributed by atoms with E-state index in [4.69, 9.17) is 4.74 Å². The van der Waals surface area contributed by atoms with E-state index in [1.165, 1.54) is 19.4 Å². The van der Waals surface area contributed by atoms with E-state index in [0.717, 1.165) is 43.4 Å². The topological polar surface area (TPSA) is 32.8 Å². The first kappa shape index (κ1) is 14.4. The first-order valence-corrected chi connectivity index (χ1v) is 7.87. The van der Waals surface area contributed by atoms with Crippen LogP contribution in [0.25, 0.3) is 0 Å². The Labute approximate surface area is 126 Å². The second-order valence-corrected chi connectivity index (χ2v) is 6.15. The molecule has 0 unspecified atom stereocenters. The molecule has 0 aromatic heterocycles. The molecule has 114 valence electrons. The quantitative estimate of drug-likeness (QED) is 0.828. The molecule has 4 nitrogen and oxygen atoms in total. The van der Waals surface area contributed by atoms with Crippen molar-refractivity contribution < 1.29 is 9.53 Å². The third-order valence-electron chi connectivity index (χ3n) is 4.43. The molecule has 2 aliphatic rings. The number of benzene rings is 1. The lowest BCUT2D eigenvalue weighted by Gasteiger charge is -2.34. The zero-order valence-corrected chi connectivity index (χ0v) is 12.8. The highest BCUT2D eigenvalue weighted by molar-refractivity contribution is 5.79. The summed E-state index contributed by atoms with van der Waals surface area (Å²) in [5, 5.41) is 0. The van der Waals surface area contributed by atoms with Crippen molar-refractivity contribution in [2.75, 3.05) is 39.8 Å². The van der Waals surface area contributed by atoms with Crippen LogP contribution in [0.2, 0.25) is 0 Å². The molecule has 2 fully saturated rings. The highest BCUT2D eigenvalue weighted by Crippen LogP contribution is 2.29. The van der Waals surface area contributed by atoms with Crippen molar-refractivity contribution in [3.63, 3.8) is 0 Å². The summed E-state index contributed by atoms with van der Waals surface area (Å²) in [6.07, 6.45) is 3.27. The van der Waals surface area contributed by atoms with Gasteiger partial charge < -0.3 is 9.64 Å². The van der Waals surface area contributed by atoms with Gasteiger partial charge in [0.05, 0.1) is 13.5 Å². The first-order chi connectivity index (χ1) is 10.2. The Morgan fingerprint density at radius 1 is 1.24 bits per heavy atom. The van der Waals surface area contributed by atoms with E-state index in [0.29, 0.717) is 6.42 Å². The van der Waals surface area contributed by atoms with Crippen LogP contribution in [0.1, 0.15) is 18.4 Å². The molecule has 21 heavy (non-hydrogen) atoms. The number of piperazine rings is 1. The standard InChI is InChI=1S/C17H24N2O2/c1-21-16-4-2-3-15(11-16)12-17(20)19-9-7-18(8-10-19)13-14-5-6-14/h2-4,11,14H,5-10,12-13H2,1H3. The number of hydrogen-bond donors (Lipinski definition) is 0. The smallest absolute Gasteiger partial charge is 0.227 e. The van der Waals surface area contributed by atoms with Crippen molar-refractivity contribution in [2.45, 2.75) is 19.3 Å². The lowest BCUT2D eigenvalue weighted by atomic mass is 10.1. The third kappa shape index (κ3) is 3.97. The van der Waals surface area contributed by atoms with Gasteiger partial charge in [0, 0.05) is 32.7 Å². The van der Waals surface area contributed by atoms with Crippen molar-refractivity contribution in [3.05, 3.63) is 29.8 Å². The molecule has 1 heterocycles. The Balaban J connectivity index is 1.49. The van der Waals surface area contributed by atoms with Gasteiger partial charge in [-0.05, 0) is 36.5 Å². The number of amides is 1. The number of ether oxygens (including phenoxy) is 1. The van der Waals surface area contributed by atoms with Gasteiger partial charge in [-0.3, -0.25) is 9.69 Å². The van der Waals surface area contributed by atoms with Crippen LogP contribution in [-0.2, 0) is 11.2 Å². The molecule has 1 saturated heterocycles. The number of nitrogens with zero attached hydrogens (tertiary/aromatic N) is 2. The Kier molecular flexibility index (Phi) is 4.44. The minimum atomic E-state index is 0.231. The lowest BCUT2D eigenvalue weighted by Crippen LogP contribution is -2.49. The highest BCUT2D eigenvalue weighted by Gasteiger charge is 2.27. The van der Waals surface area contributed by atoms with Crippen LogP contribution in [0.3, 0.4) is 0 Å². The normalized spacial score (nSPS) is 19.6. The van der Waals surface area contributed by atoms with Crippen molar-refractivity contribution in [2.24, 2.45) is 5.92 Å². The lowest BCUT2D eigenvalue weighted by molar-refractivity contribution is -0.132. The molecule has 3 rings (SSSR count). The van der Waals surface area contributed by atoms with E-state index in [2.05, 4.69) is 4.90 Å². The summed E-state index contributed by atoms with van der Waals surface area (Å²) in [5.74, 6) is 1.98. The first-order valence-electron chi connectivity index (χ1n) is 7.87. The Morgan fingerprint density at radius 2 is 2.00 bits per heavy atom. The summed E-state index contributed by atoms with van der Waals surface area (Å²) >= 11 is 0. The van der Waals surface area contributed by atoms with E-state index in [-0.39, 0.29) is 5.91 Å². The summed E-state index contributed by atoms with van der Waals surface area (Å²) in [6, 6.07) is 7.78. The monoisotopic (exact) mass is 288 g/mol. The average molecular weight is 288 g/mol. The van der Waals surface area contributed by atoms with Crippen LogP contribution in [0.15, 0.2) is 24.3 Å². The van der Waals surface area contributed by atoms with Crippen molar-refractivity contribution >= 4 is 5.91 Å². The molecule has 0 spiro atoms. The Hall–Kier alpha value is -1.55. The van der Waals surface area contributed by atoms with Crippen molar-refractivity contribution in [1.29, 1.82) is 0 Å². The van der Waals surface area contributed by atoms with Crippen LogP contribution in [0.5, 0.6) is 5.75 Å². The summed E-state index contributed by atoms with van der Waals surface area (Å²) in [5.41, 5.74) is 1.03. The van der Waals surface area contributed by atoms with Gasteiger partial charge in [0.25, 0.3) is 0 Å². The Morgan fingerprint density at radius 3 is 2.67 bits per heavy atom. The maximum absolute atomic E-state index is 12.4. The van der Waals surface area contributed by atoms with Gasteiger partial charge in [-0.1, -0.05) is 12.1 Å².